The van der Waals surface area contributed by atoms with E-state index in [2.05, 4.69) is 20.6 Å². The van der Waals surface area contributed by atoms with Crippen molar-refractivity contribution in [3.63, 3.8) is 0 Å². The second kappa shape index (κ2) is 9.19. The van der Waals surface area contributed by atoms with Gasteiger partial charge in [0.25, 0.3) is 0 Å². The van der Waals surface area contributed by atoms with Crippen LogP contribution in [0, 0.1) is 13.8 Å². The van der Waals surface area contributed by atoms with Gasteiger partial charge in [-0.25, -0.2) is 0 Å². The monoisotopic (exact) mass is 398 g/mol. The highest BCUT2D eigenvalue weighted by molar-refractivity contribution is 5.93. The van der Waals surface area contributed by atoms with Crippen molar-refractivity contribution in [3.05, 3.63) is 47.3 Å². The van der Waals surface area contributed by atoms with Gasteiger partial charge in [-0.15, -0.1) is 0 Å². The molecule has 0 spiro atoms. The molecular formula is C21H30N6O2. The fourth-order valence-electron chi connectivity index (χ4n) is 3.61. The summed E-state index contributed by atoms with van der Waals surface area (Å²) in [5, 5.41) is 10.2. The first-order chi connectivity index (χ1) is 13.9. The van der Waals surface area contributed by atoms with Crippen LogP contribution < -0.4 is 10.6 Å². The van der Waals surface area contributed by atoms with Crippen molar-refractivity contribution in [1.82, 2.24) is 24.9 Å². The minimum Gasteiger partial charge on any atom is -0.338 e. The van der Waals surface area contributed by atoms with Gasteiger partial charge in [0.1, 0.15) is 6.04 Å². The number of rotatable bonds is 6. The molecule has 3 rings (SSSR count). The molecule has 1 aromatic heterocycles. The molecule has 29 heavy (non-hydrogen) atoms. The summed E-state index contributed by atoms with van der Waals surface area (Å²) in [4.78, 5) is 29.3. The Kier molecular flexibility index (Phi) is 6.66. The zero-order valence-corrected chi connectivity index (χ0v) is 17.6. The van der Waals surface area contributed by atoms with Crippen LogP contribution in [0.15, 0.2) is 30.6 Å². The van der Waals surface area contributed by atoms with Crippen molar-refractivity contribution in [2.45, 2.75) is 19.9 Å². The molecule has 8 nitrogen and oxygen atoms in total. The number of likely N-dealkylation sites (N-methyl/N-ethyl adjacent to an activating group) is 1. The number of carbonyl (C=O) groups excluding carboxylic acids is 2. The molecule has 1 aliphatic heterocycles. The van der Waals surface area contributed by atoms with Gasteiger partial charge >= 0.3 is 0 Å². The van der Waals surface area contributed by atoms with Crippen LogP contribution in [0.1, 0.15) is 22.7 Å². The molecule has 2 amide bonds. The summed E-state index contributed by atoms with van der Waals surface area (Å²) >= 11 is 0. The second-order valence-electron chi connectivity index (χ2n) is 7.57. The van der Waals surface area contributed by atoms with Crippen LogP contribution in [0.3, 0.4) is 0 Å². The minimum atomic E-state index is -0.400. The lowest BCUT2D eigenvalue weighted by Gasteiger charge is -2.36. The first-order valence-corrected chi connectivity index (χ1v) is 9.92. The third-order valence-corrected chi connectivity index (χ3v) is 5.52. The van der Waals surface area contributed by atoms with Crippen LogP contribution in [0.5, 0.6) is 0 Å². The maximum atomic E-state index is 12.9. The van der Waals surface area contributed by atoms with Gasteiger partial charge in [-0.2, -0.15) is 5.10 Å². The number of benzene rings is 1. The average molecular weight is 399 g/mol. The molecular weight excluding hydrogens is 368 g/mol. The summed E-state index contributed by atoms with van der Waals surface area (Å²) in [5.41, 5.74) is 3.96. The summed E-state index contributed by atoms with van der Waals surface area (Å²) in [5.74, 6) is 0.0157. The van der Waals surface area contributed by atoms with Gasteiger partial charge in [-0.3, -0.25) is 19.2 Å². The third-order valence-electron chi connectivity index (χ3n) is 5.52. The molecule has 1 aliphatic rings. The molecule has 2 aromatic rings. The summed E-state index contributed by atoms with van der Waals surface area (Å²) in [6.07, 6.45) is 3.57. The third kappa shape index (κ3) is 5.02. The molecule has 0 bridgehead atoms. The Hall–Kier alpha value is -2.71. The molecule has 8 heteroatoms. The number of nitrogens with zero attached hydrogens (tertiary/aromatic N) is 4. The fraction of sp³-hybridized carbons (Fsp3) is 0.476. The largest absolute Gasteiger partial charge is 0.338 e. The zero-order chi connectivity index (χ0) is 21.0. The van der Waals surface area contributed by atoms with Gasteiger partial charge in [-0.05, 0) is 38.1 Å². The van der Waals surface area contributed by atoms with E-state index in [1.807, 2.05) is 50.2 Å². The van der Waals surface area contributed by atoms with Crippen LogP contribution in [-0.4, -0.2) is 71.2 Å². The van der Waals surface area contributed by atoms with E-state index in [0.717, 1.165) is 22.4 Å². The number of aryl methyl sites for hydroxylation is 2. The van der Waals surface area contributed by atoms with E-state index in [9.17, 15) is 9.59 Å². The van der Waals surface area contributed by atoms with Crippen LogP contribution in [-0.2, 0) is 16.6 Å². The maximum Gasteiger partial charge on any atom is 0.244 e. The van der Waals surface area contributed by atoms with Gasteiger partial charge in [0.2, 0.25) is 11.8 Å². The highest BCUT2D eigenvalue weighted by atomic mass is 16.2. The Morgan fingerprint density at radius 1 is 1.17 bits per heavy atom. The molecule has 2 N–H and O–H groups in total. The van der Waals surface area contributed by atoms with Crippen LogP contribution in [0.4, 0.5) is 5.69 Å². The standard InChI is InChI=1S/C21H30N6O2/c1-15-6-5-7-18(16(15)2)24-19(28)14-26-8-10-27(11-9-26)21(29)20(22-3)17-12-23-25(4)13-17/h5-7,12-13,20,22H,8-11,14H2,1-4H3,(H,24,28). The molecule has 2 heterocycles. The second-order valence-corrected chi connectivity index (χ2v) is 7.57. The van der Waals surface area contributed by atoms with Crippen molar-refractivity contribution in [3.8, 4) is 0 Å². The molecule has 1 unspecified atom stereocenters. The number of nitrogens with one attached hydrogen (secondary N) is 2. The van der Waals surface area contributed by atoms with E-state index in [4.69, 9.17) is 0 Å². The first kappa shape index (κ1) is 21.0. The summed E-state index contributed by atoms with van der Waals surface area (Å²) in [6, 6.07) is 5.50. The molecule has 1 fully saturated rings. The molecule has 1 saturated heterocycles. The van der Waals surface area contributed by atoms with Crippen LogP contribution in [0.25, 0.3) is 0 Å². The molecule has 156 valence electrons. The van der Waals surface area contributed by atoms with Gasteiger partial charge in [-0.1, -0.05) is 12.1 Å². The number of hydrogen-bond donors (Lipinski definition) is 2. The van der Waals surface area contributed by atoms with E-state index in [-0.39, 0.29) is 11.8 Å². The van der Waals surface area contributed by atoms with E-state index < -0.39 is 6.04 Å². The summed E-state index contributed by atoms with van der Waals surface area (Å²) in [6.45, 7) is 6.93. The lowest BCUT2D eigenvalue weighted by molar-refractivity contribution is -0.135. The number of hydrogen-bond acceptors (Lipinski definition) is 5. The minimum absolute atomic E-state index is 0.0260. The summed E-state index contributed by atoms with van der Waals surface area (Å²) < 4.78 is 1.69. The number of amides is 2. The number of carbonyl (C=O) groups is 2. The van der Waals surface area contributed by atoms with E-state index in [0.29, 0.717) is 32.7 Å². The van der Waals surface area contributed by atoms with E-state index in [1.54, 1.807) is 17.9 Å². The smallest absolute Gasteiger partial charge is 0.244 e. The Morgan fingerprint density at radius 3 is 2.52 bits per heavy atom. The van der Waals surface area contributed by atoms with Gasteiger partial charge in [0, 0.05) is 50.7 Å². The zero-order valence-electron chi connectivity index (χ0n) is 17.6. The Bertz CT molecular complexity index is 870. The van der Waals surface area contributed by atoms with Crippen LogP contribution >= 0.6 is 0 Å². The van der Waals surface area contributed by atoms with Crippen molar-refractivity contribution < 1.29 is 9.59 Å². The van der Waals surface area contributed by atoms with Gasteiger partial charge < -0.3 is 15.5 Å². The Balaban J connectivity index is 1.51. The first-order valence-electron chi connectivity index (χ1n) is 9.92. The lowest BCUT2D eigenvalue weighted by atomic mass is 10.1. The average Bonchev–Trinajstić information content (AvgIpc) is 3.12. The molecule has 1 atom stereocenters. The topological polar surface area (TPSA) is 82.5 Å². The molecule has 0 radical (unpaired) electrons. The highest BCUT2D eigenvalue weighted by Gasteiger charge is 2.28. The van der Waals surface area contributed by atoms with Crippen molar-refractivity contribution in [2.24, 2.45) is 7.05 Å². The van der Waals surface area contributed by atoms with Gasteiger partial charge in [0.05, 0.1) is 12.7 Å². The SMILES string of the molecule is CNC(C(=O)N1CCN(CC(=O)Nc2cccc(C)c2C)CC1)c1cnn(C)c1. The summed E-state index contributed by atoms with van der Waals surface area (Å²) in [7, 11) is 3.62. The van der Waals surface area contributed by atoms with Crippen molar-refractivity contribution >= 4 is 17.5 Å². The predicted octanol–water partition coefficient (Wildman–Crippen LogP) is 1.08. The number of anilines is 1. The highest BCUT2D eigenvalue weighted by Crippen LogP contribution is 2.18. The number of piperazine rings is 1. The van der Waals surface area contributed by atoms with Gasteiger partial charge in [0.15, 0.2) is 0 Å². The van der Waals surface area contributed by atoms with Crippen molar-refractivity contribution in [1.29, 1.82) is 0 Å². The normalized spacial score (nSPS) is 15.9. The van der Waals surface area contributed by atoms with E-state index >= 15 is 0 Å². The Morgan fingerprint density at radius 2 is 1.90 bits per heavy atom. The quantitative estimate of drug-likeness (QED) is 0.761. The fourth-order valence-corrected chi connectivity index (χ4v) is 3.61. The number of aromatic nitrogens is 2. The molecule has 1 aromatic carbocycles. The maximum absolute atomic E-state index is 12.9. The van der Waals surface area contributed by atoms with Crippen LogP contribution in [0.2, 0.25) is 0 Å². The molecule has 0 saturated carbocycles. The molecule has 0 aliphatic carbocycles. The Labute approximate surface area is 171 Å². The van der Waals surface area contributed by atoms with Crippen molar-refractivity contribution in [2.75, 3.05) is 45.1 Å². The lowest BCUT2D eigenvalue weighted by Crippen LogP contribution is -2.52. The predicted molar refractivity (Wildman–Crippen MR) is 113 cm³/mol. The van der Waals surface area contributed by atoms with E-state index in [1.165, 1.54) is 0 Å².